The van der Waals surface area contributed by atoms with Gasteiger partial charge in [-0.1, -0.05) is 37.3 Å². The molecular weight excluding hydrogens is 290 g/mol. The number of urea groups is 1. The highest BCUT2D eigenvalue weighted by Gasteiger charge is 2.43. The first-order valence-electron chi connectivity index (χ1n) is 8.32. The van der Waals surface area contributed by atoms with Crippen LogP contribution in [0.2, 0.25) is 0 Å². The molecule has 0 radical (unpaired) electrons. The first-order valence-corrected chi connectivity index (χ1v) is 8.32. The third-order valence-electron chi connectivity index (χ3n) is 4.95. The van der Waals surface area contributed by atoms with Gasteiger partial charge in [0.15, 0.2) is 0 Å². The van der Waals surface area contributed by atoms with E-state index in [0.29, 0.717) is 6.61 Å². The second-order valence-corrected chi connectivity index (χ2v) is 6.34. The Labute approximate surface area is 137 Å². The van der Waals surface area contributed by atoms with Gasteiger partial charge in [-0.15, -0.1) is 0 Å². The summed E-state index contributed by atoms with van der Waals surface area (Å²) in [6.45, 7) is 5.56. The Morgan fingerprint density at radius 2 is 2.00 bits per heavy atom. The van der Waals surface area contributed by atoms with Crippen molar-refractivity contribution in [1.82, 2.24) is 10.2 Å². The molecule has 5 nitrogen and oxygen atoms in total. The van der Waals surface area contributed by atoms with Crippen molar-refractivity contribution in [3.63, 3.8) is 0 Å². The topological polar surface area (TPSA) is 67.6 Å². The Hall–Kier alpha value is -1.85. The number of nitrogens with zero attached hydrogens (tertiary/aromatic N) is 1. The highest BCUT2D eigenvalue weighted by Crippen LogP contribution is 2.41. The Morgan fingerprint density at radius 1 is 1.30 bits per heavy atom. The lowest BCUT2D eigenvalue weighted by Gasteiger charge is -2.40. The number of rotatable bonds is 4. The van der Waals surface area contributed by atoms with Gasteiger partial charge in [0.2, 0.25) is 0 Å². The standard InChI is InChI=1S/C18H25N3O2/c1-2-15-16(20-17(19)22)13-23-18(15)8-10-21(11-9-18)12-14-6-4-3-5-7-14/h3-7H,2,8-13H2,1H3,(H3,19,20,22). The lowest BCUT2D eigenvalue weighted by molar-refractivity contribution is -0.0339. The molecule has 0 unspecified atom stereocenters. The second-order valence-electron chi connectivity index (χ2n) is 6.34. The van der Waals surface area contributed by atoms with Crippen molar-refractivity contribution in [2.45, 2.75) is 38.3 Å². The number of likely N-dealkylation sites (tertiary alicyclic amines) is 1. The normalized spacial score (nSPS) is 20.9. The van der Waals surface area contributed by atoms with E-state index in [1.165, 1.54) is 11.1 Å². The number of nitrogens with two attached hydrogens (primary N) is 1. The number of carbonyl (C=O) groups excluding carboxylic acids is 1. The van der Waals surface area contributed by atoms with Crippen molar-refractivity contribution in [2.24, 2.45) is 5.73 Å². The molecule has 2 amide bonds. The summed E-state index contributed by atoms with van der Waals surface area (Å²) in [5.41, 5.74) is 8.49. The van der Waals surface area contributed by atoms with Gasteiger partial charge in [0, 0.05) is 25.3 Å². The quantitative estimate of drug-likeness (QED) is 0.896. The molecular formula is C18H25N3O2. The Kier molecular flexibility index (Phi) is 4.68. The van der Waals surface area contributed by atoms with Crippen LogP contribution >= 0.6 is 0 Å². The van der Waals surface area contributed by atoms with E-state index in [-0.39, 0.29) is 5.60 Å². The summed E-state index contributed by atoms with van der Waals surface area (Å²) in [5, 5.41) is 2.75. The first-order chi connectivity index (χ1) is 11.1. The van der Waals surface area contributed by atoms with Crippen molar-refractivity contribution in [2.75, 3.05) is 19.7 Å². The summed E-state index contributed by atoms with van der Waals surface area (Å²) in [6.07, 6.45) is 2.81. The predicted octanol–water partition coefficient (Wildman–Crippen LogP) is 2.38. The zero-order chi connectivity index (χ0) is 16.3. The van der Waals surface area contributed by atoms with Gasteiger partial charge < -0.3 is 15.8 Å². The molecule has 2 aliphatic rings. The number of primary amides is 1. The highest BCUT2D eigenvalue weighted by molar-refractivity contribution is 5.74. The molecule has 1 aromatic carbocycles. The molecule has 0 bridgehead atoms. The zero-order valence-electron chi connectivity index (χ0n) is 13.7. The summed E-state index contributed by atoms with van der Waals surface area (Å²) in [7, 11) is 0. The minimum Gasteiger partial charge on any atom is -0.364 e. The fraction of sp³-hybridized carbons (Fsp3) is 0.500. The molecule has 2 aliphatic heterocycles. The van der Waals surface area contributed by atoms with Gasteiger partial charge in [0.05, 0.1) is 12.2 Å². The van der Waals surface area contributed by atoms with Crippen molar-refractivity contribution in [3.05, 3.63) is 47.2 Å². The number of benzene rings is 1. The van der Waals surface area contributed by atoms with Crippen molar-refractivity contribution in [3.8, 4) is 0 Å². The number of hydrogen-bond donors (Lipinski definition) is 2. The largest absolute Gasteiger partial charge is 0.364 e. The van der Waals surface area contributed by atoms with E-state index >= 15 is 0 Å². The maximum Gasteiger partial charge on any atom is 0.316 e. The summed E-state index contributed by atoms with van der Waals surface area (Å²) in [4.78, 5) is 13.6. The molecule has 124 valence electrons. The van der Waals surface area contributed by atoms with E-state index in [1.54, 1.807) is 0 Å². The first kappa shape index (κ1) is 16.0. The Morgan fingerprint density at radius 3 is 2.61 bits per heavy atom. The fourth-order valence-electron chi connectivity index (χ4n) is 3.82. The maximum absolute atomic E-state index is 11.2. The molecule has 5 heteroatoms. The average Bonchev–Trinajstić information content (AvgIpc) is 2.87. The summed E-state index contributed by atoms with van der Waals surface area (Å²) in [5.74, 6) is 0. The molecule has 3 N–H and O–H groups in total. The van der Waals surface area contributed by atoms with E-state index < -0.39 is 6.03 Å². The summed E-state index contributed by atoms with van der Waals surface area (Å²) < 4.78 is 6.13. The molecule has 23 heavy (non-hydrogen) atoms. The number of ether oxygens (including phenoxy) is 1. The number of nitrogens with one attached hydrogen (secondary N) is 1. The van der Waals surface area contributed by atoms with Gasteiger partial charge in [-0.05, 0) is 30.4 Å². The van der Waals surface area contributed by atoms with E-state index in [2.05, 4.69) is 41.4 Å². The predicted molar refractivity (Wildman–Crippen MR) is 89.7 cm³/mol. The molecule has 0 saturated carbocycles. The van der Waals surface area contributed by atoms with Crippen LogP contribution in [-0.4, -0.2) is 36.2 Å². The molecule has 1 spiro atoms. The SMILES string of the molecule is CCC1=C(NC(N)=O)COC12CCN(Cc1ccccc1)CC2. The molecule has 1 fully saturated rings. The zero-order valence-corrected chi connectivity index (χ0v) is 13.7. The van der Waals surface area contributed by atoms with Crippen LogP contribution in [0.15, 0.2) is 41.6 Å². The third kappa shape index (κ3) is 3.41. The molecule has 0 atom stereocenters. The Bertz CT molecular complexity index is 590. The number of amides is 2. The van der Waals surface area contributed by atoms with Crippen LogP contribution in [0.5, 0.6) is 0 Å². The lowest BCUT2D eigenvalue weighted by atomic mass is 9.82. The van der Waals surface area contributed by atoms with Gasteiger partial charge in [-0.25, -0.2) is 4.79 Å². The van der Waals surface area contributed by atoms with Crippen molar-refractivity contribution >= 4 is 6.03 Å². The van der Waals surface area contributed by atoms with E-state index in [1.807, 2.05) is 6.07 Å². The van der Waals surface area contributed by atoms with Gasteiger partial charge in [0.1, 0.15) is 0 Å². The van der Waals surface area contributed by atoms with E-state index in [4.69, 9.17) is 10.5 Å². The highest BCUT2D eigenvalue weighted by atomic mass is 16.5. The summed E-state index contributed by atoms with van der Waals surface area (Å²) >= 11 is 0. The van der Waals surface area contributed by atoms with Crippen LogP contribution < -0.4 is 11.1 Å². The van der Waals surface area contributed by atoms with Gasteiger partial charge in [0.25, 0.3) is 0 Å². The van der Waals surface area contributed by atoms with Crippen LogP contribution in [0.25, 0.3) is 0 Å². The molecule has 0 aromatic heterocycles. The number of hydrogen-bond acceptors (Lipinski definition) is 3. The Balaban J connectivity index is 1.65. The van der Waals surface area contributed by atoms with Crippen LogP contribution in [0.3, 0.4) is 0 Å². The molecule has 1 aromatic rings. The van der Waals surface area contributed by atoms with Crippen LogP contribution in [0.1, 0.15) is 31.7 Å². The molecule has 0 aliphatic carbocycles. The van der Waals surface area contributed by atoms with Crippen LogP contribution in [0, 0.1) is 0 Å². The molecule has 2 heterocycles. The maximum atomic E-state index is 11.2. The van der Waals surface area contributed by atoms with Crippen LogP contribution in [-0.2, 0) is 11.3 Å². The van der Waals surface area contributed by atoms with Gasteiger partial charge in [-0.3, -0.25) is 4.90 Å². The number of piperidine rings is 1. The lowest BCUT2D eigenvalue weighted by Crippen LogP contribution is -2.45. The average molecular weight is 315 g/mol. The monoisotopic (exact) mass is 315 g/mol. The van der Waals surface area contributed by atoms with Gasteiger partial charge >= 0.3 is 6.03 Å². The minimum atomic E-state index is -0.506. The van der Waals surface area contributed by atoms with Gasteiger partial charge in [-0.2, -0.15) is 0 Å². The fourth-order valence-corrected chi connectivity index (χ4v) is 3.82. The van der Waals surface area contributed by atoms with Crippen molar-refractivity contribution < 1.29 is 9.53 Å². The number of carbonyl (C=O) groups is 1. The second kappa shape index (κ2) is 6.72. The molecule has 1 saturated heterocycles. The van der Waals surface area contributed by atoms with E-state index in [0.717, 1.165) is 44.6 Å². The smallest absolute Gasteiger partial charge is 0.316 e. The summed E-state index contributed by atoms with van der Waals surface area (Å²) in [6, 6.07) is 10.0. The molecule has 3 rings (SSSR count). The van der Waals surface area contributed by atoms with Crippen LogP contribution in [0.4, 0.5) is 4.79 Å². The third-order valence-corrected chi connectivity index (χ3v) is 4.95. The van der Waals surface area contributed by atoms with Crippen molar-refractivity contribution in [1.29, 1.82) is 0 Å². The van der Waals surface area contributed by atoms with E-state index in [9.17, 15) is 4.79 Å². The minimum absolute atomic E-state index is 0.209.